The van der Waals surface area contributed by atoms with Crippen LogP contribution in [-0.2, 0) is 9.59 Å². The van der Waals surface area contributed by atoms with Crippen molar-refractivity contribution in [2.24, 2.45) is 0 Å². The van der Waals surface area contributed by atoms with Gasteiger partial charge in [-0.3, -0.25) is 4.79 Å². The summed E-state index contributed by atoms with van der Waals surface area (Å²) < 4.78 is 10.2. The van der Waals surface area contributed by atoms with Gasteiger partial charge in [0.1, 0.15) is 17.5 Å². The van der Waals surface area contributed by atoms with Crippen molar-refractivity contribution in [3.63, 3.8) is 0 Å². The second-order valence-electron chi connectivity index (χ2n) is 3.93. The van der Waals surface area contributed by atoms with Gasteiger partial charge in [-0.25, -0.2) is 4.79 Å². The van der Waals surface area contributed by atoms with Crippen LogP contribution in [-0.4, -0.2) is 48.5 Å². The van der Waals surface area contributed by atoms with Crippen molar-refractivity contribution >= 4 is 11.9 Å². The van der Waals surface area contributed by atoms with Crippen molar-refractivity contribution in [3.05, 3.63) is 24.3 Å². The van der Waals surface area contributed by atoms with Gasteiger partial charge in [0, 0.05) is 13.0 Å². The number of methoxy groups -OCH3 is 1. The van der Waals surface area contributed by atoms with E-state index in [1.165, 1.54) is 7.11 Å². The SMILES string of the molecule is COc1ccc(OCC(=O)N[C@@H](CCO)C(=O)O)cc1. The number of carboxylic acid groups (broad SMARTS) is 1. The fourth-order valence-electron chi connectivity index (χ4n) is 1.44. The molecule has 0 saturated heterocycles. The Labute approximate surface area is 116 Å². The number of amides is 1. The zero-order chi connectivity index (χ0) is 15.0. The average molecular weight is 283 g/mol. The van der Waals surface area contributed by atoms with E-state index in [1.54, 1.807) is 24.3 Å². The first-order valence-corrected chi connectivity index (χ1v) is 5.96. The molecule has 0 aromatic heterocycles. The molecule has 1 rings (SSSR count). The van der Waals surface area contributed by atoms with Crippen LogP contribution < -0.4 is 14.8 Å². The van der Waals surface area contributed by atoms with Crippen LogP contribution in [0, 0.1) is 0 Å². The van der Waals surface area contributed by atoms with Gasteiger partial charge in [-0.1, -0.05) is 0 Å². The van der Waals surface area contributed by atoms with Crippen molar-refractivity contribution in [2.45, 2.75) is 12.5 Å². The van der Waals surface area contributed by atoms with Crippen LogP contribution in [0.4, 0.5) is 0 Å². The molecular weight excluding hydrogens is 266 g/mol. The first kappa shape index (κ1) is 15.8. The molecule has 1 aromatic carbocycles. The number of carboxylic acids is 1. The fourth-order valence-corrected chi connectivity index (χ4v) is 1.44. The van der Waals surface area contributed by atoms with Crippen molar-refractivity contribution in [1.82, 2.24) is 5.32 Å². The molecule has 0 aliphatic heterocycles. The van der Waals surface area contributed by atoms with E-state index >= 15 is 0 Å². The monoisotopic (exact) mass is 283 g/mol. The van der Waals surface area contributed by atoms with Crippen LogP contribution >= 0.6 is 0 Å². The summed E-state index contributed by atoms with van der Waals surface area (Å²) in [6.45, 7) is -0.627. The van der Waals surface area contributed by atoms with Gasteiger partial charge in [0.15, 0.2) is 6.61 Å². The molecule has 0 spiro atoms. The van der Waals surface area contributed by atoms with Crippen molar-refractivity contribution in [1.29, 1.82) is 0 Å². The molecule has 3 N–H and O–H groups in total. The first-order valence-electron chi connectivity index (χ1n) is 5.96. The molecule has 7 nitrogen and oxygen atoms in total. The van der Waals surface area contributed by atoms with E-state index in [1.807, 2.05) is 0 Å². The lowest BCUT2D eigenvalue weighted by atomic mass is 10.2. The maximum Gasteiger partial charge on any atom is 0.326 e. The highest BCUT2D eigenvalue weighted by molar-refractivity contribution is 5.84. The number of rotatable bonds is 8. The normalized spacial score (nSPS) is 11.5. The van der Waals surface area contributed by atoms with Crippen LogP contribution in [0.1, 0.15) is 6.42 Å². The number of aliphatic carboxylic acids is 1. The lowest BCUT2D eigenvalue weighted by molar-refractivity contribution is -0.142. The van der Waals surface area contributed by atoms with Crippen LogP contribution in [0.3, 0.4) is 0 Å². The van der Waals surface area contributed by atoms with E-state index in [2.05, 4.69) is 5.32 Å². The van der Waals surface area contributed by atoms with Gasteiger partial charge in [-0.15, -0.1) is 0 Å². The minimum atomic E-state index is -1.20. The molecule has 0 fully saturated rings. The van der Waals surface area contributed by atoms with E-state index < -0.39 is 17.9 Å². The summed E-state index contributed by atoms with van der Waals surface area (Å²) in [5.41, 5.74) is 0. The molecule has 0 aliphatic rings. The molecule has 1 aromatic rings. The number of carbonyl (C=O) groups is 2. The molecule has 1 amide bonds. The van der Waals surface area contributed by atoms with Crippen molar-refractivity contribution in [3.8, 4) is 11.5 Å². The van der Waals surface area contributed by atoms with E-state index in [4.69, 9.17) is 19.7 Å². The van der Waals surface area contributed by atoms with Gasteiger partial charge in [-0.2, -0.15) is 0 Å². The maximum absolute atomic E-state index is 11.5. The lowest BCUT2D eigenvalue weighted by Crippen LogP contribution is -2.43. The second-order valence-corrected chi connectivity index (χ2v) is 3.93. The third-order valence-electron chi connectivity index (χ3n) is 2.48. The van der Waals surface area contributed by atoms with Gasteiger partial charge in [0.05, 0.1) is 7.11 Å². The van der Waals surface area contributed by atoms with Gasteiger partial charge >= 0.3 is 5.97 Å². The maximum atomic E-state index is 11.5. The van der Waals surface area contributed by atoms with Crippen molar-refractivity contribution in [2.75, 3.05) is 20.3 Å². The van der Waals surface area contributed by atoms with E-state index in [0.29, 0.717) is 11.5 Å². The second kappa shape index (κ2) is 8.00. The van der Waals surface area contributed by atoms with Crippen LogP contribution in [0.2, 0.25) is 0 Å². The molecule has 0 radical (unpaired) electrons. The number of nitrogens with one attached hydrogen (secondary N) is 1. The zero-order valence-corrected chi connectivity index (χ0v) is 11.0. The predicted molar refractivity (Wildman–Crippen MR) is 69.8 cm³/mol. The van der Waals surface area contributed by atoms with Gasteiger partial charge in [-0.05, 0) is 24.3 Å². The number of carbonyl (C=O) groups excluding carboxylic acids is 1. The Hall–Kier alpha value is -2.28. The lowest BCUT2D eigenvalue weighted by Gasteiger charge is -2.13. The summed E-state index contributed by atoms with van der Waals surface area (Å²) in [5, 5.41) is 19.8. The van der Waals surface area contributed by atoms with Gasteiger partial charge in [0.2, 0.25) is 0 Å². The number of hydrogen-bond donors (Lipinski definition) is 3. The first-order chi connectivity index (χ1) is 9.56. The summed E-state index contributed by atoms with van der Waals surface area (Å²) in [7, 11) is 1.54. The summed E-state index contributed by atoms with van der Waals surface area (Å²) in [6.07, 6.45) is -0.0520. The molecule has 0 aliphatic carbocycles. The molecule has 0 unspecified atom stereocenters. The number of aliphatic hydroxyl groups excluding tert-OH is 1. The Morgan fingerprint density at radius 1 is 1.25 bits per heavy atom. The quantitative estimate of drug-likeness (QED) is 0.621. The molecule has 1 atom stereocenters. The third-order valence-corrected chi connectivity index (χ3v) is 2.48. The minimum Gasteiger partial charge on any atom is -0.497 e. The Kier molecular flexibility index (Phi) is 6.31. The van der Waals surface area contributed by atoms with Crippen LogP contribution in [0.5, 0.6) is 11.5 Å². The number of ether oxygens (including phenoxy) is 2. The van der Waals surface area contributed by atoms with E-state index in [-0.39, 0.29) is 19.6 Å². The summed E-state index contributed by atoms with van der Waals surface area (Å²) >= 11 is 0. The van der Waals surface area contributed by atoms with Gasteiger partial charge < -0.3 is 25.0 Å². The molecule has 0 bridgehead atoms. The molecule has 0 heterocycles. The van der Waals surface area contributed by atoms with Crippen LogP contribution in [0.25, 0.3) is 0 Å². The highest BCUT2D eigenvalue weighted by Gasteiger charge is 2.19. The molecular formula is C13H17NO6. The fraction of sp³-hybridized carbons (Fsp3) is 0.385. The number of benzene rings is 1. The predicted octanol–water partition coefficient (Wildman–Crippen LogP) is 0.0258. The Balaban J connectivity index is 2.43. The number of hydrogen-bond acceptors (Lipinski definition) is 5. The highest BCUT2D eigenvalue weighted by atomic mass is 16.5. The standard InChI is InChI=1S/C13H17NO6/c1-19-9-2-4-10(5-3-9)20-8-12(16)14-11(6-7-15)13(17)18/h2-5,11,15H,6-8H2,1H3,(H,14,16)(H,17,18)/t11-/m0/s1. The topological polar surface area (TPSA) is 105 Å². The summed E-state index contributed by atoms with van der Waals surface area (Å²) in [5.74, 6) is -0.635. The minimum absolute atomic E-state index is 0.0520. The summed E-state index contributed by atoms with van der Waals surface area (Å²) in [6, 6.07) is 5.51. The molecule has 0 saturated carbocycles. The van der Waals surface area contributed by atoms with Crippen molar-refractivity contribution < 1.29 is 29.3 Å². The van der Waals surface area contributed by atoms with Crippen LogP contribution in [0.15, 0.2) is 24.3 Å². The van der Waals surface area contributed by atoms with E-state index in [9.17, 15) is 9.59 Å². The molecule has 7 heteroatoms. The third kappa shape index (κ3) is 5.15. The zero-order valence-electron chi connectivity index (χ0n) is 11.0. The largest absolute Gasteiger partial charge is 0.497 e. The smallest absolute Gasteiger partial charge is 0.326 e. The van der Waals surface area contributed by atoms with Gasteiger partial charge in [0.25, 0.3) is 5.91 Å². The Morgan fingerprint density at radius 3 is 2.35 bits per heavy atom. The molecule has 20 heavy (non-hydrogen) atoms. The summed E-state index contributed by atoms with van der Waals surface area (Å²) in [4.78, 5) is 22.3. The highest BCUT2D eigenvalue weighted by Crippen LogP contribution is 2.16. The van der Waals surface area contributed by atoms with E-state index in [0.717, 1.165) is 0 Å². The average Bonchev–Trinajstić information content (AvgIpc) is 2.45. The number of aliphatic hydroxyl groups is 1. The molecule has 110 valence electrons. The Bertz CT molecular complexity index is 445. The Morgan fingerprint density at radius 2 is 1.85 bits per heavy atom.